The van der Waals surface area contributed by atoms with E-state index in [1.807, 2.05) is 0 Å². The standard InChI is InChI=1S/C16H22N2O5S/c1-15(2)12(8-9-16(15,3)14(20)21)13(19)18-10-4-6-11(7-5-10)24(17,22)23/h4-7,12H,8-9H2,1-3H3,(H,18,19)(H,20,21)(H2,17,22,23)/t12-,16+/m1/s1. The number of carbonyl (C=O) groups excluding carboxylic acids is 1. The normalized spacial score (nSPS) is 26.1. The molecule has 1 amide bonds. The van der Waals surface area contributed by atoms with Gasteiger partial charge in [0.1, 0.15) is 0 Å². The van der Waals surface area contributed by atoms with Crippen molar-refractivity contribution in [3.63, 3.8) is 0 Å². The molecule has 7 nitrogen and oxygen atoms in total. The Hall–Kier alpha value is -1.93. The lowest BCUT2D eigenvalue weighted by Gasteiger charge is -2.37. The SMILES string of the molecule is CC1(C)[C@@H](C(=O)Nc2ccc(S(N)(=O)=O)cc2)CC[C@@]1(C)C(=O)O. The molecule has 2 rings (SSSR count). The topological polar surface area (TPSA) is 127 Å². The number of anilines is 1. The van der Waals surface area contributed by atoms with E-state index in [9.17, 15) is 23.1 Å². The summed E-state index contributed by atoms with van der Waals surface area (Å²) >= 11 is 0. The molecule has 24 heavy (non-hydrogen) atoms. The molecule has 1 aliphatic carbocycles. The Morgan fingerprint density at radius 2 is 1.75 bits per heavy atom. The van der Waals surface area contributed by atoms with Gasteiger partial charge < -0.3 is 10.4 Å². The summed E-state index contributed by atoms with van der Waals surface area (Å²) in [7, 11) is -3.79. The zero-order chi connectivity index (χ0) is 18.3. The second-order valence-electron chi connectivity index (χ2n) is 7.01. The van der Waals surface area contributed by atoms with Crippen LogP contribution in [-0.4, -0.2) is 25.4 Å². The lowest BCUT2D eigenvalue weighted by Crippen LogP contribution is -2.43. The van der Waals surface area contributed by atoms with E-state index in [0.717, 1.165) is 0 Å². The summed E-state index contributed by atoms with van der Waals surface area (Å²) in [6.07, 6.45) is 0.911. The molecule has 8 heteroatoms. The van der Waals surface area contributed by atoms with Gasteiger partial charge in [0.2, 0.25) is 15.9 Å². The molecule has 0 spiro atoms. The van der Waals surface area contributed by atoms with Crippen LogP contribution in [0.5, 0.6) is 0 Å². The summed E-state index contributed by atoms with van der Waals surface area (Å²) in [5, 5.41) is 17.3. The molecule has 1 aromatic rings. The van der Waals surface area contributed by atoms with Gasteiger partial charge in [-0.3, -0.25) is 9.59 Å². The largest absolute Gasteiger partial charge is 0.481 e. The second-order valence-corrected chi connectivity index (χ2v) is 8.57. The molecule has 0 bridgehead atoms. The molecular formula is C16H22N2O5S. The third kappa shape index (κ3) is 3.03. The van der Waals surface area contributed by atoms with Crippen LogP contribution < -0.4 is 10.5 Å². The van der Waals surface area contributed by atoms with Crippen LogP contribution in [0, 0.1) is 16.7 Å². The summed E-state index contributed by atoms with van der Waals surface area (Å²) in [5.74, 6) is -1.62. The number of aliphatic carboxylic acids is 1. The van der Waals surface area contributed by atoms with Crippen molar-refractivity contribution in [2.75, 3.05) is 5.32 Å². The molecule has 0 radical (unpaired) electrons. The molecule has 1 aromatic carbocycles. The minimum atomic E-state index is -3.79. The number of carboxylic acid groups (broad SMARTS) is 1. The first kappa shape index (κ1) is 18.4. The first-order chi connectivity index (χ1) is 10.9. The highest BCUT2D eigenvalue weighted by molar-refractivity contribution is 7.89. The summed E-state index contributed by atoms with van der Waals surface area (Å²) in [6.45, 7) is 5.26. The molecule has 0 aliphatic heterocycles. The third-order valence-corrected chi connectivity index (χ3v) is 6.39. The van der Waals surface area contributed by atoms with Crippen molar-refractivity contribution >= 4 is 27.6 Å². The van der Waals surface area contributed by atoms with E-state index in [-0.39, 0.29) is 10.8 Å². The molecule has 0 aromatic heterocycles. The second kappa shape index (κ2) is 5.86. The molecule has 0 unspecified atom stereocenters. The van der Waals surface area contributed by atoms with Crippen molar-refractivity contribution in [3.8, 4) is 0 Å². The lowest BCUT2D eigenvalue weighted by atomic mass is 9.65. The maximum Gasteiger partial charge on any atom is 0.309 e. The fraction of sp³-hybridized carbons (Fsp3) is 0.500. The maximum atomic E-state index is 12.6. The molecule has 0 heterocycles. The first-order valence-corrected chi connectivity index (χ1v) is 9.11. The Bertz CT molecular complexity index is 770. The minimum Gasteiger partial charge on any atom is -0.481 e. The van der Waals surface area contributed by atoms with Gasteiger partial charge >= 0.3 is 5.97 Å². The molecule has 0 saturated heterocycles. The van der Waals surface area contributed by atoms with Crippen LogP contribution in [0.3, 0.4) is 0 Å². The zero-order valence-corrected chi connectivity index (χ0v) is 14.7. The molecule has 2 atom stereocenters. The number of hydrogen-bond donors (Lipinski definition) is 3. The third-order valence-electron chi connectivity index (χ3n) is 5.47. The van der Waals surface area contributed by atoms with E-state index in [0.29, 0.717) is 18.5 Å². The molecule has 132 valence electrons. The fourth-order valence-electron chi connectivity index (χ4n) is 3.30. The van der Waals surface area contributed by atoms with Crippen LogP contribution in [-0.2, 0) is 19.6 Å². The Labute approximate surface area is 141 Å². The maximum absolute atomic E-state index is 12.6. The molecule has 4 N–H and O–H groups in total. The van der Waals surface area contributed by atoms with Crippen LogP contribution in [0.4, 0.5) is 5.69 Å². The smallest absolute Gasteiger partial charge is 0.309 e. The van der Waals surface area contributed by atoms with Gasteiger partial charge in [0.25, 0.3) is 0 Å². The number of rotatable bonds is 4. The van der Waals surface area contributed by atoms with Crippen molar-refractivity contribution in [1.29, 1.82) is 0 Å². The quantitative estimate of drug-likeness (QED) is 0.760. The number of sulfonamides is 1. The van der Waals surface area contributed by atoms with Crippen LogP contribution in [0.2, 0.25) is 0 Å². The molecule has 1 saturated carbocycles. The van der Waals surface area contributed by atoms with E-state index < -0.39 is 32.7 Å². The first-order valence-electron chi connectivity index (χ1n) is 7.57. The van der Waals surface area contributed by atoms with E-state index >= 15 is 0 Å². The highest BCUT2D eigenvalue weighted by atomic mass is 32.2. The van der Waals surface area contributed by atoms with Crippen molar-refractivity contribution in [1.82, 2.24) is 0 Å². The fourth-order valence-corrected chi connectivity index (χ4v) is 3.81. The Kier molecular flexibility index (Phi) is 4.49. The average Bonchev–Trinajstić information content (AvgIpc) is 2.70. The van der Waals surface area contributed by atoms with Gasteiger partial charge in [-0.15, -0.1) is 0 Å². The van der Waals surface area contributed by atoms with Crippen molar-refractivity contribution < 1.29 is 23.1 Å². The number of hydrogen-bond acceptors (Lipinski definition) is 4. The van der Waals surface area contributed by atoms with Crippen LogP contribution >= 0.6 is 0 Å². The molecule has 1 aliphatic rings. The van der Waals surface area contributed by atoms with E-state index in [2.05, 4.69) is 5.32 Å². The highest BCUT2D eigenvalue weighted by Crippen LogP contribution is 2.56. The van der Waals surface area contributed by atoms with E-state index in [1.54, 1.807) is 20.8 Å². The summed E-state index contributed by atoms with van der Waals surface area (Å²) in [4.78, 5) is 24.1. The predicted octanol–water partition coefficient (Wildman–Crippen LogP) is 1.80. The van der Waals surface area contributed by atoms with Gasteiger partial charge in [-0.1, -0.05) is 13.8 Å². The molecular weight excluding hydrogens is 332 g/mol. The highest BCUT2D eigenvalue weighted by Gasteiger charge is 2.58. The van der Waals surface area contributed by atoms with Gasteiger partial charge in [-0.2, -0.15) is 0 Å². The number of nitrogens with one attached hydrogen (secondary N) is 1. The van der Waals surface area contributed by atoms with Gasteiger partial charge in [0.15, 0.2) is 0 Å². The summed E-state index contributed by atoms with van der Waals surface area (Å²) in [5.41, 5.74) is -1.23. The van der Waals surface area contributed by atoms with E-state index in [1.165, 1.54) is 24.3 Å². The van der Waals surface area contributed by atoms with Crippen LogP contribution in [0.15, 0.2) is 29.2 Å². The number of benzene rings is 1. The monoisotopic (exact) mass is 354 g/mol. The van der Waals surface area contributed by atoms with Gasteiger partial charge in [0.05, 0.1) is 10.3 Å². The Morgan fingerprint density at radius 3 is 2.17 bits per heavy atom. The van der Waals surface area contributed by atoms with Gasteiger partial charge in [-0.25, -0.2) is 13.6 Å². The summed E-state index contributed by atoms with van der Waals surface area (Å²) < 4.78 is 22.5. The van der Waals surface area contributed by atoms with Crippen molar-refractivity contribution in [3.05, 3.63) is 24.3 Å². The van der Waals surface area contributed by atoms with Crippen molar-refractivity contribution in [2.24, 2.45) is 21.9 Å². The van der Waals surface area contributed by atoms with Crippen molar-refractivity contribution in [2.45, 2.75) is 38.5 Å². The van der Waals surface area contributed by atoms with Gasteiger partial charge in [0, 0.05) is 11.6 Å². The number of primary sulfonamides is 1. The minimum absolute atomic E-state index is 0.0415. The number of amides is 1. The van der Waals surface area contributed by atoms with Crippen LogP contribution in [0.25, 0.3) is 0 Å². The lowest BCUT2D eigenvalue weighted by molar-refractivity contribution is -0.154. The zero-order valence-electron chi connectivity index (χ0n) is 13.9. The number of carbonyl (C=O) groups is 2. The van der Waals surface area contributed by atoms with Crippen LogP contribution in [0.1, 0.15) is 33.6 Å². The van der Waals surface area contributed by atoms with Gasteiger partial charge in [-0.05, 0) is 49.4 Å². The number of carboxylic acids is 1. The Balaban J connectivity index is 2.18. The average molecular weight is 354 g/mol. The molecule has 1 fully saturated rings. The van der Waals surface area contributed by atoms with E-state index in [4.69, 9.17) is 5.14 Å². The predicted molar refractivity (Wildman–Crippen MR) is 88.7 cm³/mol. The number of nitrogens with two attached hydrogens (primary N) is 1. The summed E-state index contributed by atoms with van der Waals surface area (Å²) in [6, 6.07) is 5.53. The Morgan fingerprint density at radius 1 is 1.21 bits per heavy atom.